The van der Waals surface area contributed by atoms with Gasteiger partial charge in [0.05, 0.1) is 5.70 Å². The Kier molecular flexibility index (Phi) is 3.47. The summed E-state index contributed by atoms with van der Waals surface area (Å²) in [6, 6.07) is 8.21. The molecule has 105 valence electrons. The number of rotatable bonds is 3. The van der Waals surface area contributed by atoms with Crippen LogP contribution in [0.4, 0.5) is 0 Å². The molecule has 0 amide bonds. The second kappa shape index (κ2) is 5.31. The van der Waals surface area contributed by atoms with E-state index >= 15 is 0 Å². The van der Waals surface area contributed by atoms with Crippen LogP contribution in [0, 0.1) is 23.6 Å². The van der Waals surface area contributed by atoms with Crippen LogP contribution in [0.5, 0.6) is 0 Å². The van der Waals surface area contributed by atoms with E-state index in [9.17, 15) is 0 Å². The Balaban J connectivity index is 1.50. The molecule has 3 unspecified atom stereocenters. The minimum absolute atomic E-state index is 0.820. The molecule has 0 aromatic heterocycles. The number of halogens is 1. The number of hydrogen-bond acceptors (Lipinski definition) is 2. The molecule has 2 bridgehead atoms. The maximum Gasteiger partial charge on any atom is 0.109 e. The van der Waals surface area contributed by atoms with E-state index in [0.29, 0.717) is 0 Å². The highest BCUT2D eigenvalue weighted by Crippen LogP contribution is 2.49. The molecule has 4 rings (SSSR count). The second-order valence-electron chi connectivity index (χ2n) is 6.34. The molecular formula is C17H19ClNS. The molecule has 20 heavy (non-hydrogen) atoms. The third-order valence-corrected chi connectivity index (χ3v) is 6.08. The first-order valence-corrected chi connectivity index (χ1v) is 8.83. The maximum atomic E-state index is 6.13. The van der Waals surface area contributed by atoms with Gasteiger partial charge in [0.25, 0.3) is 0 Å². The van der Waals surface area contributed by atoms with Crippen LogP contribution in [0.2, 0.25) is 5.02 Å². The van der Waals surface area contributed by atoms with Gasteiger partial charge >= 0.3 is 0 Å². The van der Waals surface area contributed by atoms with Crippen molar-refractivity contribution >= 4 is 29.1 Å². The average Bonchev–Trinajstić information content (AvgIpc) is 3.14. The zero-order valence-electron chi connectivity index (χ0n) is 11.5. The van der Waals surface area contributed by atoms with E-state index in [1.807, 2.05) is 12.1 Å². The second-order valence-corrected chi connectivity index (χ2v) is 7.50. The summed E-state index contributed by atoms with van der Waals surface area (Å²) in [6.45, 7) is 1.19. The van der Waals surface area contributed by atoms with Crippen molar-refractivity contribution in [2.45, 2.75) is 25.7 Å². The highest BCUT2D eigenvalue weighted by Gasteiger charge is 2.40. The van der Waals surface area contributed by atoms with Crippen molar-refractivity contribution in [2.24, 2.45) is 17.8 Å². The smallest absolute Gasteiger partial charge is 0.109 e. The van der Waals surface area contributed by atoms with Gasteiger partial charge in [0.1, 0.15) is 5.88 Å². The lowest BCUT2D eigenvalue weighted by Gasteiger charge is -2.29. The van der Waals surface area contributed by atoms with E-state index in [1.54, 1.807) is 11.8 Å². The van der Waals surface area contributed by atoms with E-state index < -0.39 is 0 Å². The van der Waals surface area contributed by atoms with Crippen LogP contribution in [0.25, 0.3) is 5.70 Å². The van der Waals surface area contributed by atoms with Crippen LogP contribution in [-0.2, 0) is 0 Å². The molecule has 1 radical (unpaired) electrons. The van der Waals surface area contributed by atoms with Gasteiger partial charge in [-0.3, -0.25) is 0 Å². The fraction of sp³-hybridized carbons (Fsp3) is 0.471. The Morgan fingerprint density at radius 3 is 2.95 bits per heavy atom. The Morgan fingerprint density at radius 2 is 2.20 bits per heavy atom. The summed E-state index contributed by atoms with van der Waals surface area (Å²) < 4.78 is 0. The first-order chi connectivity index (χ1) is 9.79. The van der Waals surface area contributed by atoms with Gasteiger partial charge in [-0.05, 0) is 60.1 Å². The van der Waals surface area contributed by atoms with Crippen LogP contribution in [-0.4, -0.2) is 11.4 Å². The van der Waals surface area contributed by atoms with Crippen molar-refractivity contribution < 1.29 is 0 Å². The summed E-state index contributed by atoms with van der Waals surface area (Å²) in [6.07, 6.45) is 5.88. The first kappa shape index (κ1) is 13.1. The Labute approximate surface area is 130 Å². The van der Waals surface area contributed by atoms with Crippen molar-refractivity contribution in [1.29, 1.82) is 0 Å². The zero-order valence-corrected chi connectivity index (χ0v) is 13.0. The average molecular weight is 305 g/mol. The van der Waals surface area contributed by atoms with Gasteiger partial charge in [-0.15, -0.1) is 11.8 Å². The maximum absolute atomic E-state index is 6.13. The SMILES string of the molecule is Clc1cccc(C2=CS[CH]N2CC2CC3CCC2C3)c1. The third kappa shape index (κ3) is 2.37. The number of benzene rings is 1. The molecule has 2 aliphatic carbocycles. The lowest BCUT2D eigenvalue weighted by atomic mass is 9.88. The molecule has 1 aliphatic heterocycles. The van der Waals surface area contributed by atoms with Crippen molar-refractivity contribution in [2.75, 3.05) is 6.54 Å². The standard InChI is InChI=1S/C17H19ClNS/c18-16-3-1-2-14(8-16)17-10-20-11-19(17)9-15-7-12-4-5-13(15)6-12/h1-3,8,10-13,15H,4-7,9H2. The van der Waals surface area contributed by atoms with Crippen molar-refractivity contribution in [1.82, 2.24) is 4.90 Å². The first-order valence-electron chi connectivity index (χ1n) is 7.51. The van der Waals surface area contributed by atoms with Crippen molar-refractivity contribution in [3.05, 3.63) is 46.1 Å². The van der Waals surface area contributed by atoms with E-state index in [4.69, 9.17) is 11.6 Å². The number of nitrogens with zero attached hydrogens (tertiary/aromatic N) is 1. The van der Waals surface area contributed by atoms with Gasteiger partial charge in [0, 0.05) is 11.6 Å². The topological polar surface area (TPSA) is 3.24 Å². The minimum Gasteiger partial charge on any atom is -0.355 e. The fourth-order valence-electron chi connectivity index (χ4n) is 4.17. The Bertz CT molecular complexity index is 542. The monoisotopic (exact) mass is 304 g/mol. The summed E-state index contributed by atoms with van der Waals surface area (Å²) in [5.74, 6) is 5.17. The van der Waals surface area contributed by atoms with E-state index in [2.05, 4.69) is 28.3 Å². The highest BCUT2D eigenvalue weighted by atomic mass is 35.5. The molecule has 2 fully saturated rings. The molecule has 0 N–H and O–H groups in total. The number of hydrogen-bond donors (Lipinski definition) is 0. The van der Waals surface area contributed by atoms with E-state index in [0.717, 1.165) is 22.8 Å². The van der Waals surface area contributed by atoms with Gasteiger partial charge in [-0.25, -0.2) is 0 Å². The van der Waals surface area contributed by atoms with E-state index in [-0.39, 0.29) is 0 Å². The molecule has 3 aliphatic rings. The highest BCUT2D eigenvalue weighted by molar-refractivity contribution is 8.04. The van der Waals surface area contributed by atoms with Crippen LogP contribution in [0.1, 0.15) is 31.2 Å². The lowest BCUT2D eigenvalue weighted by molar-refractivity contribution is 0.279. The molecule has 1 aromatic carbocycles. The summed E-state index contributed by atoms with van der Waals surface area (Å²) in [7, 11) is 0. The fourth-order valence-corrected chi connectivity index (χ4v) is 5.17. The minimum atomic E-state index is 0.820. The molecule has 0 saturated heterocycles. The van der Waals surface area contributed by atoms with Gasteiger partial charge in [0.15, 0.2) is 0 Å². The summed E-state index contributed by atoms with van der Waals surface area (Å²) in [5.41, 5.74) is 2.56. The molecule has 1 nitrogen and oxygen atoms in total. The largest absolute Gasteiger partial charge is 0.355 e. The summed E-state index contributed by atoms with van der Waals surface area (Å²) >= 11 is 7.92. The molecule has 3 heteroatoms. The lowest BCUT2D eigenvalue weighted by Crippen LogP contribution is -2.26. The Morgan fingerprint density at radius 1 is 1.25 bits per heavy atom. The number of thioether (sulfide) groups is 1. The normalized spacial score (nSPS) is 31.9. The molecule has 1 heterocycles. The quantitative estimate of drug-likeness (QED) is 0.751. The Hall–Kier alpha value is -0.600. The molecular weight excluding hydrogens is 286 g/mol. The predicted octanol–water partition coefficient (Wildman–Crippen LogP) is 5.24. The molecule has 0 spiro atoms. The van der Waals surface area contributed by atoms with Gasteiger partial charge in [-0.2, -0.15) is 0 Å². The van der Waals surface area contributed by atoms with Crippen LogP contribution in [0.3, 0.4) is 0 Å². The molecule has 2 saturated carbocycles. The van der Waals surface area contributed by atoms with Gasteiger partial charge in [-0.1, -0.05) is 30.2 Å². The molecule has 1 aromatic rings. The van der Waals surface area contributed by atoms with Gasteiger partial charge < -0.3 is 4.90 Å². The van der Waals surface area contributed by atoms with Crippen LogP contribution in [0.15, 0.2) is 29.7 Å². The van der Waals surface area contributed by atoms with E-state index in [1.165, 1.54) is 43.5 Å². The van der Waals surface area contributed by atoms with Crippen molar-refractivity contribution in [3.8, 4) is 0 Å². The summed E-state index contributed by atoms with van der Waals surface area (Å²) in [5, 5.41) is 3.07. The third-order valence-electron chi connectivity index (χ3n) is 5.11. The summed E-state index contributed by atoms with van der Waals surface area (Å²) in [4.78, 5) is 2.45. The van der Waals surface area contributed by atoms with Crippen LogP contribution < -0.4 is 0 Å². The van der Waals surface area contributed by atoms with Crippen molar-refractivity contribution in [3.63, 3.8) is 0 Å². The predicted molar refractivity (Wildman–Crippen MR) is 87.0 cm³/mol. The number of fused-ring (bicyclic) bond motifs is 2. The van der Waals surface area contributed by atoms with Crippen LogP contribution >= 0.6 is 23.4 Å². The molecule has 3 atom stereocenters. The zero-order chi connectivity index (χ0) is 13.5. The van der Waals surface area contributed by atoms with Gasteiger partial charge in [0.2, 0.25) is 0 Å².